The Morgan fingerprint density at radius 3 is 2.64 bits per heavy atom. The first kappa shape index (κ1) is 17.2. The van der Waals surface area contributed by atoms with Crippen molar-refractivity contribution < 1.29 is 9.53 Å². The van der Waals surface area contributed by atoms with E-state index >= 15 is 0 Å². The lowest BCUT2D eigenvalue weighted by atomic mass is 10.0. The minimum atomic E-state index is -0.161. The van der Waals surface area contributed by atoms with Crippen molar-refractivity contribution in [3.05, 3.63) is 71.3 Å². The van der Waals surface area contributed by atoms with Crippen LogP contribution in [-0.4, -0.2) is 43.7 Å². The van der Waals surface area contributed by atoms with E-state index in [0.29, 0.717) is 30.9 Å². The summed E-state index contributed by atoms with van der Waals surface area (Å²) in [4.78, 5) is 14.8. The molecule has 1 N–H and O–H groups in total. The van der Waals surface area contributed by atoms with Gasteiger partial charge < -0.3 is 10.1 Å². The third-order valence-corrected chi connectivity index (χ3v) is 4.38. The number of amides is 1. The molecule has 25 heavy (non-hydrogen) atoms. The van der Waals surface area contributed by atoms with Crippen LogP contribution in [0, 0.1) is 11.3 Å². The quantitative estimate of drug-likeness (QED) is 0.911. The Morgan fingerprint density at radius 1 is 1.16 bits per heavy atom. The van der Waals surface area contributed by atoms with Crippen LogP contribution in [0.2, 0.25) is 0 Å². The monoisotopic (exact) mass is 335 g/mol. The number of carbonyl (C=O) groups excluding carboxylic acids is 1. The minimum Gasteiger partial charge on any atom is -0.379 e. The molecule has 0 bridgehead atoms. The Kier molecular flexibility index (Phi) is 5.78. The van der Waals surface area contributed by atoms with E-state index < -0.39 is 0 Å². The molecule has 1 atom stereocenters. The second-order valence-electron chi connectivity index (χ2n) is 5.98. The van der Waals surface area contributed by atoms with E-state index in [-0.39, 0.29) is 11.9 Å². The fourth-order valence-electron chi connectivity index (χ4n) is 3.04. The van der Waals surface area contributed by atoms with Gasteiger partial charge in [-0.25, -0.2) is 0 Å². The van der Waals surface area contributed by atoms with Gasteiger partial charge in [-0.15, -0.1) is 0 Å². The summed E-state index contributed by atoms with van der Waals surface area (Å²) in [6.45, 7) is 3.63. The van der Waals surface area contributed by atoms with Crippen LogP contribution in [0.3, 0.4) is 0 Å². The molecule has 5 heteroatoms. The van der Waals surface area contributed by atoms with E-state index in [0.717, 1.165) is 13.1 Å². The van der Waals surface area contributed by atoms with Crippen molar-refractivity contribution in [3.63, 3.8) is 0 Å². The molecule has 128 valence electrons. The van der Waals surface area contributed by atoms with Crippen LogP contribution in [0.15, 0.2) is 54.6 Å². The molecule has 2 aromatic rings. The number of nitrogens with one attached hydrogen (secondary N) is 1. The molecule has 3 rings (SSSR count). The van der Waals surface area contributed by atoms with Crippen LogP contribution >= 0.6 is 0 Å². The number of benzene rings is 2. The second kappa shape index (κ2) is 8.43. The maximum atomic E-state index is 12.5. The van der Waals surface area contributed by atoms with Crippen LogP contribution in [0.25, 0.3) is 0 Å². The predicted octanol–water partition coefficient (Wildman–Crippen LogP) is 2.36. The van der Waals surface area contributed by atoms with Gasteiger partial charge in [0.2, 0.25) is 0 Å². The summed E-state index contributed by atoms with van der Waals surface area (Å²) in [6, 6.07) is 19.1. The highest BCUT2D eigenvalue weighted by atomic mass is 16.5. The van der Waals surface area contributed by atoms with E-state index in [4.69, 9.17) is 10.00 Å². The second-order valence-corrected chi connectivity index (χ2v) is 5.98. The standard InChI is InChI=1S/C20H21N3O2/c21-14-16-5-4-8-18(13-16)20(24)22-15-19(17-6-2-1-3-7-17)23-9-11-25-12-10-23/h1-8,13,19H,9-12,15H2,(H,22,24)/t19-/m0/s1. The van der Waals surface area contributed by atoms with Gasteiger partial charge >= 0.3 is 0 Å². The highest BCUT2D eigenvalue weighted by Crippen LogP contribution is 2.21. The topological polar surface area (TPSA) is 65.4 Å². The minimum absolute atomic E-state index is 0.105. The SMILES string of the molecule is N#Cc1cccc(C(=O)NC[C@@H](c2ccccc2)N2CCOCC2)c1. The van der Waals surface area contributed by atoms with Gasteiger partial charge in [0.1, 0.15) is 0 Å². The molecule has 1 fully saturated rings. The number of hydrogen-bond acceptors (Lipinski definition) is 4. The summed E-state index contributed by atoms with van der Waals surface area (Å²) in [6.07, 6.45) is 0. The first-order valence-corrected chi connectivity index (χ1v) is 8.43. The molecule has 1 heterocycles. The van der Waals surface area contributed by atoms with Gasteiger partial charge in [-0.05, 0) is 23.8 Å². The molecule has 0 radical (unpaired) electrons. The van der Waals surface area contributed by atoms with Crippen molar-refractivity contribution in [1.82, 2.24) is 10.2 Å². The Morgan fingerprint density at radius 2 is 1.92 bits per heavy atom. The van der Waals surface area contributed by atoms with Gasteiger partial charge in [-0.1, -0.05) is 36.4 Å². The first-order chi connectivity index (χ1) is 12.3. The zero-order valence-corrected chi connectivity index (χ0v) is 14.0. The molecule has 0 aromatic heterocycles. The summed E-state index contributed by atoms with van der Waals surface area (Å²) in [7, 11) is 0. The van der Waals surface area contributed by atoms with Crippen molar-refractivity contribution in [2.75, 3.05) is 32.8 Å². The normalized spacial score (nSPS) is 16.0. The Hall–Kier alpha value is -2.68. The molecule has 1 aliphatic rings. The third kappa shape index (κ3) is 4.44. The number of hydrogen-bond donors (Lipinski definition) is 1. The lowest BCUT2D eigenvalue weighted by molar-refractivity contribution is 0.0162. The number of carbonyl (C=O) groups is 1. The molecule has 0 saturated carbocycles. The van der Waals surface area contributed by atoms with E-state index in [1.54, 1.807) is 24.3 Å². The van der Waals surface area contributed by atoms with Crippen molar-refractivity contribution in [2.24, 2.45) is 0 Å². The van der Waals surface area contributed by atoms with Gasteiger partial charge in [0, 0.05) is 25.2 Å². The highest BCUT2D eigenvalue weighted by Gasteiger charge is 2.23. The molecule has 0 unspecified atom stereocenters. The van der Waals surface area contributed by atoms with Gasteiger partial charge in [0.15, 0.2) is 0 Å². The summed E-state index contributed by atoms with van der Waals surface area (Å²) in [5, 5.41) is 12.0. The summed E-state index contributed by atoms with van der Waals surface area (Å²) >= 11 is 0. The number of nitrogens with zero attached hydrogens (tertiary/aromatic N) is 2. The number of rotatable bonds is 5. The summed E-state index contributed by atoms with van der Waals surface area (Å²) in [5.74, 6) is -0.161. The first-order valence-electron chi connectivity index (χ1n) is 8.43. The summed E-state index contributed by atoms with van der Waals surface area (Å²) in [5.41, 5.74) is 2.17. The smallest absolute Gasteiger partial charge is 0.251 e. The zero-order chi connectivity index (χ0) is 17.5. The largest absolute Gasteiger partial charge is 0.379 e. The Balaban J connectivity index is 1.71. The molecule has 5 nitrogen and oxygen atoms in total. The molecular formula is C20H21N3O2. The fourth-order valence-corrected chi connectivity index (χ4v) is 3.04. The zero-order valence-electron chi connectivity index (χ0n) is 14.0. The van der Waals surface area contributed by atoms with Crippen molar-refractivity contribution in [1.29, 1.82) is 5.26 Å². The molecule has 1 aliphatic heterocycles. The highest BCUT2D eigenvalue weighted by molar-refractivity contribution is 5.94. The maximum absolute atomic E-state index is 12.5. The lowest BCUT2D eigenvalue weighted by Gasteiger charge is -2.35. The van der Waals surface area contributed by atoms with Crippen LogP contribution in [-0.2, 0) is 4.74 Å². The van der Waals surface area contributed by atoms with E-state index in [1.807, 2.05) is 18.2 Å². The van der Waals surface area contributed by atoms with Crippen molar-refractivity contribution in [2.45, 2.75) is 6.04 Å². The maximum Gasteiger partial charge on any atom is 0.251 e. The van der Waals surface area contributed by atoms with Crippen LogP contribution in [0.1, 0.15) is 27.5 Å². The molecule has 2 aromatic carbocycles. The molecule has 1 saturated heterocycles. The van der Waals surface area contributed by atoms with Gasteiger partial charge in [-0.3, -0.25) is 9.69 Å². The Bertz CT molecular complexity index is 749. The van der Waals surface area contributed by atoms with Gasteiger partial charge in [-0.2, -0.15) is 5.26 Å². The summed E-state index contributed by atoms with van der Waals surface area (Å²) < 4.78 is 5.45. The average Bonchev–Trinajstić information content (AvgIpc) is 2.69. The van der Waals surface area contributed by atoms with Crippen LogP contribution in [0.4, 0.5) is 0 Å². The number of nitriles is 1. The van der Waals surface area contributed by atoms with Gasteiger partial charge in [0.05, 0.1) is 30.9 Å². The van der Waals surface area contributed by atoms with E-state index in [9.17, 15) is 4.79 Å². The average molecular weight is 335 g/mol. The molecule has 1 amide bonds. The van der Waals surface area contributed by atoms with Crippen molar-refractivity contribution in [3.8, 4) is 6.07 Å². The van der Waals surface area contributed by atoms with E-state index in [2.05, 4.69) is 28.4 Å². The molecule has 0 aliphatic carbocycles. The molecular weight excluding hydrogens is 314 g/mol. The Labute approximate surface area is 147 Å². The number of ether oxygens (including phenoxy) is 1. The van der Waals surface area contributed by atoms with Gasteiger partial charge in [0.25, 0.3) is 5.91 Å². The van der Waals surface area contributed by atoms with E-state index in [1.165, 1.54) is 5.56 Å². The predicted molar refractivity (Wildman–Crippen MR) is 95.1 cm³/mol. The van der Waals surface area contributed by atoms with Crippen molar-refractivity contribution >= 4 is 5.91 Å². The third-order valence-electron chi connectivity index (χ3n) is 4.38. The van der Waals surface area contributed by atoms with Crippen LogP contribution in [0.5, 0.6) is 0 Å². The number of morpholine rings is 1. The molecule has 0 spiro atoms. The lowest BCUT2D eigenvalue weighted by Crippen LogP contribution is -2.43. The van der Waals surface area contributed by atoms with Crippen LogP contribution < -0.4 is 5.32 Å². The fraction of sp³-hybridized carbons (Fsp3) is 0.300.